The van der Waals surface area contributed by atoms with E-state index in [9.17, 15) is 0 Å². The highest BCUT2D eigenvalue weighted by Crippen LogP contribution is 2.13. The highest BCUT2D eigenvalue weighted by atomic mass is 16.3. The zero-order valence-corrected chi connectivity index (χ0v) is 10.3. The number of benzene rings is 1. The lowest BCUT2D eigenvalue weighted by Gasteiger charge is -2.14. The van der Waals surface area contributed by atoms with Gasteiger partial charge in [0.05, 0.1) is 12.6 Å². The third-order valence-corrected chi connectivity index (χ3v) is 3.52. The van der Waals surface area contributed by atoms with Crippen LogP contribution < -0.4 is 5.73 Å². The zero-order valence-electron chi connectivity index (χ0n) is 10.3. The van der Waals surface area contributed by atoms with Gasteiger partial charge in [0, 0.05) is 6.54 Å². The Labute approximate surface area is 103 Å². The molecule has 1 aliphatic heterocycles. The number of hydrogen-bond donors (Lipinski definition) is 2. The van der Waals surface area contributed by atoms with Crippen LogP contribution in [0.1, 0.15) is 30.0 Å². The predicted octanol–water partition coefficient (Wildman–Crippen LogP) is 1.32. The number of aliphatic hydroxyl groups is 1. The minimum Gasteiger partial charge on any atom is -0.394 e. The van der Waals surface area contributed by atoms with E-state index in [1.807, 2.05) is 12.1 Å². The molecular formula is C14H22N2O. The van der Waals surface area contributed by atoms with Gasteiger partial charge in [0.2, 0.25) is 0 Å². The fourth-order valence-corrected chi connectivity index (χ4v) is 2.33. The molecule has 1 aromatic carbocycles. The molecular weight excluding hydrogens is 212 g/mol. The summed E-state index contributed by atoms with van der Waals surface area (Å²) in [5.74, 6) is 0. The van der Waals surface area contributed by atoms with Crippen molar-refractivity contribution in [3.63, 3.8) is 0 Å². The smallest absolute Gasteiger partial charge is 0.0624 e. The summed E-state index contributed by atoms with van der Waals surface area (Å²) in [6.45, 7) is 3.68. The quantitative estimate of drug-likeness (QED) is 0.808. The Morgan fingerprint density at radius 2 is 1.82 bits per heavy atom. The first-order chi connectivity index (χ1) is 8.29. The first-order valence-electron chi connectivity index (χ1n) is 6.47. The first-order valence-corrected chi connectivity index (χ1v) is 6.47. The second kappa shape index (κ2) is 6.15. The molecule has 1 unspecified atom stereocenters. The predicted molar refractivity (Wildman–Crippen MR) is 69.8 cm³/mol. The lowest BCUT2D eigenvalue weighted by molar-refractivity contribution is 0.268. The SMILES string of the molecule is NC(CO)c1ccc(CCN2CCCC2)cc1. The Morgan fingerprint density at radius 1 is 1.18 bits per heavy atom. The number of likely N-dealkylation sites (tertiary alicyclic amines) is 1. The van der Waals surface area contributed by atoms with Crippen LogP contribution in [-0.4, -0.2) is 36.2 Å². The van der Waals surface area contributed by atoms with Gasteiger partial charge in [-0.15, -0.1) is 0 Å². The summed E-state index contributed by atoms with van der Waals surface area (Å²) in [6, 6.07) is 8.06. The molecule has 0 amide bonds. The second-order valence-corrected chi connectivity index (χ2v) is 4.83. The molecule has 1 heterocycles. The molecule has 17 heavy (non-hydrogen) atoms. The fourth-order valence-electron chi connectivity index (χ4n) is 2.33. The van der Waals surface area contributed by atoms with E-state index in [1.54, 1.807) is 0 Å². The van der Waals surface area contributed by atoms with Crippen LogP contribution >= 0.6 is 0 Å². The van der Waals surface area contributed by atoms with Crippen LogP contribution in [0.5, 0.6) is 0 Å². The molecule has 0 aromatic heterocycles. The van der Waals surface area contributed by atoms with Gasteiger partial charge in [-0.2, -0.15) is 0 Å². The van der Waals surface area contributed by atoms with E-state index < -0.39 is 0 Å². The molecule has 94 valence electrons. The van der Waals surface area contributed by atoms with Gasteiger partial charge in [0.25, 0.3) is 0 Å². The third-order valence-electron chi connectivity index (χ3n) is 3.52. The van der Waals surface area contributed by atoms with E-state index in [-0.39, 0.29) is 12.6 Å². The van der Waals surface area contributed by atoms with Gasteiger partial charge in [-0.3, -0.25) is 0 Å². The molecule has 1 saturated heterocycles. The minimum absolute atomic E-state index is 0.00707. The van der Waals surface area contributed by atoms with E-state index >= 15 is 0 Å². The number of nitrogens with two attached hydrogens (primary N) is 1. The van der Waals surface area contributed by atoms with Crippen LogP contribution in [0.3, 0.4) is 0 Å². The number of rotatable bonds is 5. The van der Waals surface area contributed by atoms with Gasteiger partial charge < -0.3 is 15.7 Å². The van der Waals surface area contributed by atoms with Gasteiger partial charge in [-0.05, 0) is 43.5 Å². The van der Waals surface area contributed by atoms with Gasteiger partial charge >= 0.3 is 0 Å². The van der Waals surface area contributed by atoms with Crippen LogP contribution in [0.4, 0.5) is 0 Å². The van der Waals surface area contributed by atoms with Gasteiger partial charge in [0.15, 0.2) is 0 Å². The van der Waals surface area contributed by atoms with Crippen LogP contribution in [0.25, 0.3) is 0 Å². The highest BCUT2D eigenvalue weighted by Gasteiger charge is 2.11. The van der Waals surface area contributed by atoms with E-state index in [2.05, 4.69) is 17.0 Å². The minimum atomic E-state index is -0.248. The van der Waals surface area contributed by atoms with Crippen LogP contribution in [0.15, 0.2) is 24.3 Å². The lowest BCUT2D eigenvalue weighted by Crippen LogP contribution is -2.22. The average Bonchev–Trinajstić information content (AvgIpc) is 2.89. The maximum Gasteiger partial charge on any atom is 0.0624 e. The molecule has 0 bridgehead atoms. The van der Waals surface area contributed by atoms with Crippen molar-refractivity contribution in [1.29, 1.82) is 0 Å². The van der Waals surface area contributed by atoms with Crippen molar-refractivity contribution in [1.82, 2.24) is 4.90 Å². The summed E-state index contributed by atoms with van der Waals surface area (Å²) in [4.78, 5) is 2.52. The summed E-state index contributed by atoms with van der Waals surface area (Å²) in [5.41, 5.74) is 8.12. The van der Waals surface area contributed by atoms with Crippen LogP contribution in [-0.2, 0) is 6.42 Å². The molecule has 1 atom stereocenters. The molecule has 0 radical (unpaired) electrons. The van der Waals surface area contributed by atoms with Crippen molar-refractivity contribution in [2.75, 3.05) is 26.2 Å². The topological polar surface area (TPSA) is 49.5 Å². The monoisotopic (exact) mass is 234 g/mol. The van der Waals surface area contributed by atoms with Gasteiger partial charge in [-0.25, -0.2) is 0 Å². The summed E-state index contributed by atoms with van der Waals surface area (Å²) >= 11 is 0. The van der Waals surface area contributed by atoms with E-state index in [1.165, 1.54) is 31.5 Å². The number of nitrogens with zero attached hydrogens (tertiary/aromatic N) is 1. The second-order valence-electron chi connectivity index (χ2n) is 4.83. The lowest BCUT2D eigenvalue weighted by atomic mass is 10.0. The zero-order chi connectivity index (χ0) is 12.1. The van der Waals surface area contributed by atoms with E-state index in [0.717, 1.165) is 18.5 Å². The van der Waals surface area contributed by atoms with Crippen molar-refractivity contribution >= 4 is 0 Å². The summed E-state index contributed by atoms with van der Waals surface area (Å²) in [6.07, 6.45) is 3.81. The maximum atomic E-state index is 8.97. The van der Waals surface area contributed by atoms with Gasteiger partial charge in [0.1, 0.15) is 0 Å². The number of hydrogen-bond acceptors (Lipinski definition) is 3. The molecule has 0 saturated carbocycles. The Hall–Kier alpha value is -0.900. The molecule has 1 fully saturated rings. The molecule has 2 rings (SSSR count). The maximum absolute atomic E-state index is 8.97. The van der Waals surface area contributed by atoms with Crippen molar-refractivity contribution < 1.29 is 5.11 Å². The molecule has 3 nitrogen and oxygen atoms in total. The van der Waals surface area contributed by atoms with Crippen molar-refractivity contribution in [2.45, 2.75) is 25.3 Å². The molecule has 3 N–H and O–H groups in total. The van der Waals surface area contributed by atoms with Crippen LogP contribution in [0.2, 0.25) is 0 Å². The summed E-state index contributed by atoms with van der Waals surface area (Å²) in [7, 11) is 0. The Morgan fingerprint density at radius 3 is 2.41 bits per heavy atom. The molecule has 1 aromatic rings. The van der Waals surface area contributed by atoms with Gasteiger partial charge in [-0.1, -0.05) is 24.3 Å². The van der Waals surface area contributed by atoms with Crippen molar-refractivity contribution in [3.05, 3.63) is 35.4 Å². The van der Waals surface area contributed by atoms with Crippen molar-refractivity contribution in [3.8, 4) is 0 Å². The molecule has 0 aliphatic carbocycles. The summed E-state index contributed by atoms with van der Waals surface area (Å²) in [5, 5.41) is 8.97. The Bertz CT molecular complexity index is 331. The highest BCUT2D eigenvalue weighted by molar-refractivity contribution is 5.25. The molecule has 3 heteroatoms. The first kappa shape index (κ1) is 12.6. The Kier molecular flexibility index (Phi) is 4.54. The van der Waals surface area contributed by atoms with E-state index in [0.29, 0.717) is 0 Å². The molecule has 0 spiro atoms. The Balaban J connectivity index is 1.84. The largest absolute Gasteiger partial charge is 0.394 e. The number of aliphatic hydroxyl groups excluding tert-OH is 1. The fraction of sp³-hybridized carbons (Fsp3) is 0.571. The van der Waals surface area contributed by atoms with E-state index in [4.69, 9.17) is 10.8 Å². The van der Waals surface area contributed by atoms with Crippen molar-refractivity contribution in [2.24, 2.45) is 5.73 Å². The standard InChI is InChI=1S/C14H22N2O/c15-14(11-17)13-5-3-12(4-6-13)7-10-16-8-1-2-9-16/h3-6,14,17H,1-2,7-11,15H2. The van der Waals surface area contributed by atoms with Crippen LogP contribution in [0, 0.1) is 0 Å². The average molecular weight is 234 g/mol. The third kappa shape index (κ3) is 3.53. The summed E-state index contributed by atoms with van der Waals surface area (Å²) < 4.78 is 0. The molecule has 1 aliphatic rings. The normalized spacial score (nSPS) is 18.5.